The van der Waals surface area contributed by atoms with Crippen LogP contribution in [0.1, 0.15) is 37.7 Å². The molecular weight excluding hydrogens is 294 g/mol. The van der Waals surface area contributed by atoms with Gasteiger partial charge in [0.15, 0.2) is 0 Å². The molecule has 4 bridgehead atoms. The summed E-state index contributed by atoms with van der Waals surface area (Å²) in [4.78, 5) is 0. The van der Waals surface area contributed by atoms with Gasteiger partial charge in [-0.3, -0.25) is 0 Å². The second-order valence-corrected chi connectivity index (χ2v) is 8.42. The van der Waals surface area contributed by atoms with Crippen molar-refractivity contribution in [3.05, 3.63) is 42.0 Å². The molecule has 0 spiro atoms. The van der Waals surface area contributed by atoms with Crippen molar-refractivity contribution in [3.8, 4) is 5.75 Å². The van der Waals surface area contributed by atoms with E-state index >= 15 is 0 Å². The predicted molar refractivity (Wildman–Crippen MR) is 97.0 cm³/mol. The fraction of sp³-hybridized carbons (Fsp3) is 0.545. The Labute approximate surface area is 144 Å². The molecule has 0 saturated heterocycles. The maximum absolute atomic E-state index is 5.54. The summed E-state index contributed by atoms with van der Waals surface area (Å²) in [5, 5.41) is 5.29. The molecule has 6 rings (SSSR count). The topological polar surface area (TPSA) is 25.8 Å². The van der Waals surface area contributed by atoms with Gasteiger partial charge < -0.3 is 10.1 Å². The molecule has 0 radical (unpaired) electrons. The summed E-state index contributed by atoms with van der Waals surface area (Å²) in [5.41, 5.74) is 1.46. The van der Waals surface area contributed by atoms with E-state index in [1.165, 1.54) is 42.0 Å². The first kappa shape index (κ1) is 14.8. The minimum absolute atomic E-state index is 0.874. The van der Waals surface area contributed by atoms with Crippen LogP contribution < -0.4 is 10.1 Å². The highest BCUT2D eigenvalue weighted by atomic mass is 16.5. The lowest BCUT2D eigenvalue weighted by Gasteiger charge is -2.52. The average Bonchev–Trinajstić information content (AvgIpc) is 2.60. The number of hydrogen-bond donors (Lipinski definition) is 1. The van der Waals surface area contributed by atoms with Gasteiger partial charge in [0.2, 0.25) is 0 Å². The van der Waals surface area contributed by atoms with Crippen LogP contribution >= 0.6 is 0 Å². The molecule has 4 aliphatic rings. The van der Waals surface area contributed by atoms with Gasteiger partial charge in [0.1, 0.15) is 12.3 Å². The van der Waals surface area contributed by atoms with E-state index in [0.717, 1.165) is 42.0 Å². The highest BCUT2D eigenvalue weighted by molar-refractivity contribution is 5.90. The molecule has 2 nitrogen and oxygen atoms in total. The van der Waals surface area contributed by atoms with Crippen LogP contribution in [-0.4, -0.2) is 13.2 Å². The van der Waals surface area contributed by atoms with Gasteiger partial charge in [0.25, 0.3) is 0 Å². The number of benzene rings is 2. The van der Waals surface area contributed by atoms with Gasteiger partial charge in [-0.25, -0.2) is 0 Å². The van der Waals surface area contributed by atoms with Crippen LogP contribution in [0.15, 0.2) is 36.4 Å². The SMILES string of the molecule is COc1ccc(C[NH2+]C2C3CC4CC(C3)CC2C4)c2ccccc12. The molecule has 2 heteroatoms. The summed E-state index contributed by atoms with van der Waals surface area (Å²) in [6.07, 6.45) is 7.59. The molecule has 0 aromatic heterocycles. The summed E-state index contributed by atoms with van der Waals surface area (Å²) < 4.78 is 5.54. The maximum Gasteiger partial charge on any atom is 0.126 e. The van der Waals surface area contributed by atoms with E-state index in [1.807, 2.05) is 0 Å². The fourth-order valence-electron chi connectivity index (χ4n) is 6.31. The van der Waals surface area contributed by atoms with Crippen molar-refractivity contribution in [2.75, 3.05) is 7.11 Å². The van der Waals surface area contributed by atoms with E-state index < -0.39 is 0 Å². The molecule has 0 heterocycles. The molecule has 4 fully saturated rings. The van der Waals surface area contributed by atoms with Crippen molar-refractivity contribution in [2.45, 2.75) is 44.7 Å². The molecule has 4 saturated carbocycles. The summed E-state index contributed by atoms with van der Waals surface area (Å²) in [5.74, 6) is 5.11. The number of nitrogens with two attached hydrogens (primary N) is 1. The van der Waals surface area contributed by atoms with E-state index in [4.69, 9.17) is 4.74 Å². The predicted octanol–water partition coefficient (Wildman–Crippen LogP) is 3.74. The first-order valence-corrected chi connectivity index (χ1v) is 9.69. The molecule has 0 amide bonds. The number of hydrogen-bond acceptors (Lipinski definition) is 1. The van der Waals surface area contributed by atoms with Gasteiger partial charge in [-0.05, 0) is 61.5 Å². The van der Waals surface area contributed by atoms with Crippen molar-refractivity contribution < 1.29 is 10.1 Å². The largest absolute Gasteiger partial charge is 0.496 e. The van der Waals surface area contributed by atoms with Crippen LogP contribution in [0.2, 0.25) is 0 Å². The maximum atomic E-state index is 5.54. The minimum atomic E-state index is 0.874. The number of fused-ring (bicyclic) bond motifs is 1. The number of methoxy groups -OCH3 is 1. The monoisotopic (exact) mass is 322 g/mol. The van der Waals surface area contributed by atoms with Crippen molar-refractivity contribution in [2.24, 2.45) is 23.7 Å². The first-order valence-electron chi connectivity index (χ1n) is 9.69. The van der Waals surface area contributed by atoms with E-state index in [-0.39, 0.29) is 0 Å². The molecule has 0 aliphatic heterocycles. The molecule has 126 valence electrons. The van der Waals surface area contributed by atoms with Gasteiger partial charge in [0.05, 0.1) is 13.2 Å². The van der Waals surface area contributed by atoms with Gasteiger partial charge >= 0.3 is 0 Å². The summed E-state index contributed by atoms with van der Waals surface area (Å²) in [6, 6.07) is 14.0. The third-order valence-corrected chi connectivity index (χ3v) is 7.10. The van der Waals surface area contributed by atoms with Crippen LogP contribution in [0.3, 0.4) is 0 Å². The van der Waals surface area contributed by atoms with Crippen molar-refractivity contribution in [1.82, 2.24) is 0 Å². The molecule has 0 atom stereocenters. The molecule has 2 aromatic rings. The van der Waals surface area contributed by atoms with Gasteiger partial charge in [-0.15, -0.1) is 0 Å². The highest BCUT2D eigenvalue weighted by Crippen LogP contribution is 2.52. The van der Waals surface area contributed by atoms with Crippen molar-refractivity contribution in [1.29, 1.82) is 0 Å². The first-order chi connectivity index (χ1) is 11.8. The van der Waals surface area contributed by atoms with Gasteiger partial charge in [0, 0.05) is 22.8 Å². The highest BCUT2D eigenvalue weighted by Gasteiger charge is 2.50. The fourth-order valence-corrected chi connectivity index (χ4v) is 6.31. The van der Waals surface area contributed by atoms with Crippen molar-refractivity contribution >= 4 is 10.8 Å². The zero-order valence-corrected chi connectivity index (χ0v) is 14.6. The van der Waals surface area contributed by atoms with Crippen LogP contribution in [0.4, 0.5) is 0 Å². The Morgan fingerprint density at radius 3 is 2.21 bits per heavy atom. The number of rotatable bonds is 4. The third-order valence-electron chi connectivity index (χ3n) is 7.10. The van der Waals surface area contributed by atoms with Crippen LogP contribution in [0, 0.1) is 23.7 Å². The van der Waals surface area contributed by atoms with E-state index in [1.54, 1.807) is 13.5 Å². The lowest BCUT2D eigenvalue weighted by atomic mass is 9.54. The normalized spacial score (nSPS) is 34.0. The third kappa shape index (κ3) is 2.35. The Morgan fingerprint density at radius 2 is 1.54 bits per heavy atom. The van der Waals surface area contributed by atoms with E-state index in [0.29, 0.717) is 0 Å². The zero-order chi connectivity index (χ0) is 16.1. The van der Waals surface area contributed by atoms with Crippen molar-refractivity contribution in [3.63, 3.8) is 0 Å². The molecule has 2 N–H and O–H groups in total. The van der Waals surface area contributed by atoms with E-state index in [2.05, 4.69) is 41.7 Å². The quantitative estimate of drug-likeness (QED) is 0.912. The molecule has 4 aliphatic carbocycles. The lowest BCUT2D eigenvalue weighted by Crippen LogP contribution is -2.93. The lowest BCUT2D eigenvalue weighted by molar-refractivity contribution is -0.723. The number of ether oxygens (including phenoxy) is 1. The Balaban J connectivity index is 1.38. The number of quaternary nitrogens is 1. The zero-order valence-electron chi connectivity index (χ0n) is 14.6. The summed E-state index contributed by atoms with van der Waals surface area (Å²) >= 11 is 0. The van der Waals surface area contributed by atoms with E-state index in [9.17, 15) is 0 Å². The van der Waals surface area contributed by atoms with Gasteiger partial charge in [-0.1, -0.05) is 24.3 Å². The molecular formula is C22H28NO+. The minimum Gasteiger partial charge on any atom is -0.496 e. The molecule has 0 unspecified atom stereocenters. The second kappa shape index (κ2) is 5.77. The Hall–Kier alpha value is -1.54. The Kier molecular flexibility index (Phi) is 3.55. The Bertz CT molecular complexity index is 725. The molecule has 24 heavy (non-hydrogen) atoms. The standard InChI is InChI=1S/C22H27NO/c1-24-21-7-6-16(19-4-2-3-5-20(19)21)13-23-22-17-9-14-8-15(11-17)12-18(22)10-14/h2-7,14-15,17-18,22-23H,8-13H2,1H3/p+1. The average molecular weight is 322 g/mol. The molecule has 2 aromatic carbocycles. The second-order valence-electron chi connectivity index (χ2n) is 8.42. The van der Waals surface area contributed by atoms with Gasteiger partial charge in [-0.2, -0.15) is 0 Å². The summed E-state index contributed by atoms with van der Waals surface area (Å²) in [7, 11) is 1.77. The van der Waals surface area contributed by atoms with Crippen LogP contribution in [0.5, 0.6) is 5.75 Å². The van der Waals surface area contributed by atoms with Crippen LogP contribution in [-0.2, 0) is 6.54 Å². The summed E-state index contributed by atoms with van der Waals surface area (Å²) in [6.45, 7) is 1.11. The Morgan fingerprint density at radius 1 is 0.875 bits per heavy atom. The smallest absolute Gasteiger partial charge is 0.126 e. The van der Waals surface area contributed by atoms with Crippen LogP contribution in [0.25, 0.3) is 10.8 Å².